The fraction of sp³-hybridized carbons (Fsp3) is 0.786. The van der Waals surface area contributed by atoms with Gasteiger partial charge in [-0.25, -0.2) is 8.78 Å². The van der Waals surface area contributed by atoms with Crippen LogP contribution in [0.1, 0.15) is 19.8 Å². The summed E-state index contributed by atoms with van der Waals surface area (Å²) >= 11 is 0. The molecule has 0 spiro atoms. The molecule has 3 amide bonds. The monoisotopic (exact) mass is 367 g/mol. The number of amides is 3. The molecule has 0 aromatic carbocycles. The zero-order valence-corrected chi connectivity index (χ0v) is 13.9. The van der Waals surface area contributed by atoms with Crippen LogP contribution in [0.5, 0.6) is 0 Å². The smallest absolute Gasteiger partial charge is 0.277 e. The number of carbonyl (C=O) groups excluding carboxylic acids is 3. The van der Waals surface area contributed by atoms with Gasteiger partial charge in [-0.15, -0.1) is 12.4 Å². The lowest BCUT2D eigenvalue weighted by Crippen LogP contribution is -2.52. The molecule has 7 nitrogen and oxygen atoms in total. The van der Waals surface area contributed by atoms with Crippen LogP contribution in [0.25, 0.3) is 0 Å². The molecule has 0 aliphatic carbocycles. The highest BCUT2D eigenvalue weighted by Crippen LogP contribution is 2.48. The fourth-order valence-electron chi connectivity index (χ4n) is 3.67. The van der Waals surface area contributed by atoms with Crippen LogP contribution in [0, 0.1) is 11.8 Å². The molecule has 3 heterocycles. The van der Waals surface area contributed by atoms with Crippen molar-refractivity contribution in [2.75, 3.05) is 13.1 Å². The van der Waals surface area contributed by atoms with Gasteiger partial charge in [0, 0.05) is 0 Å². The number of fused-ring (bicyclic) bond motifs is 5. The summed E-state index contributed by atoms with van der Waals surface area (Å²) in [5, 5.41) is 2.05. The number of nitrogens with one attached hydrogen (secondary N) is 1. The van der Waals surface area contributed by atoms with Crippen molar-refractivity contribution in [2.45, 2.75) is 43.9 Å². The normalized spacial score (nSPS) is 32.6. The first kappa shape index (κ1) is 19.0. The standard InChI is InChI=1S/C14H19F2N3O4.ClH/c1-6(11(20)18-5-14(15,16)4-17)19-12(21)9-7-2-3-8(23-7)10(9)13(19)22;/h6-10H,2-5,17H2,1H3,(H,18,20);1H. The highest BCUT2D eigenvalue weighted by molar-refractivity contribution is 6.09. The molecular formula is C14H20ClF2N3O4. The Morgan fingerprint density at radius 3 is 2.29 bits per heavy atom. The summed E-state index contributed by atoms with van der Waals surface area (Å²) in [7, 11) is 0. The molecule has 0 radical (unpaired) electrons. The second kappa shape index (κ2) is 6.53. The average molecular weight is 368 g/mol. The molecule has 24 heavy (non-hydrogen) atoms. The van der Waals surface area contributed by atoms with Crippen molar-refractivity contribution in [1.29, 1.82) is 0 Å². The summed E-state index contributed by atoms with van der Waals surface area (Å²) in [6.07, 6.45) is 0.899. The van der Waals surface area contributed by atoms with Crippen molar-refractivity contribution in [2.24, 2.45) is 17.6 Å². The van der Waals surface area contributed by atoms with E-state index in [2.05, 4.69) is 0 Å². The minimum atomic E-state index is -3.22. The number of ether oxygens (including phenoxy) is 1. The first-order chi connectivity index (χ1) is 10.8. The third kappa shape index (κ3) is 2.89. The van der Waals surface area contributed by atoms with Crippen molar-refractivity contribution in [3.63, 3.8) is 0 Å². The van der Waals surface area contributed by atoms with Crippen LogP contribution in [0.4, 0.5) is 8.78 Å². The maximum absolute atomic E-state index is 13.1. The number of halogens is 3. The van der Waals surface area contributed by atoms with Crippen LogP contribution in [-0.4, -0.2) is 59.9 Å². The highest BCUT2D eigenvalue weighted by Gasteiger charge is 2.63. The molecule has 3 N–H and O–H groups in total. The Morgan fingerprint density at radius 2 is 1.83 bits per heavy atom. The Kier molecular flexibility index (Phi) is 5.17. The number of likely N-dealkylation sites (tertiary alicyclic amines) is 1. The first-order valence-corrected chi connectivity index (χ1v) is 7.65. The van der Waals surface area contributed by atoms with Crippen molar-refractivity contribution >= 4 is 30.1 Å². The van der Waals surface area contributed by atoms with Gasteiger partial charge in [0.25, 0.3) is 5.92 Å². The Balaban J connectivity index is 0.00000208. The molecule has 3 aliphatic rings. The van der Waals surface area contributed by atoms with Crippen molar-refractivity contribution in [1.82, 2.24) is 10.2 Å². The van der Waals surface area contributed by atoms with E-state index < -0.39 is 54.6 Å². The average Bonchev–Trinajstić information content (AvgIpc) is 3.18. The molecule has 2 bridgehead atoms. The Bertz CT molecular complexity index is 534. The molecule has 136 valence electrons. The fourth-order valence-corrected chi connectivity index (χ4v) is 3.67. The third-order valence-electron chi connectivity index (χ3n) is 4.91. The maximum atomic E-state index is 13.1. The van der Waals surface area contributed by atoms with Gasteiger partial charge in [-0.2, -0.15) is 0 Å². The summed E-state index contributed by atoms with van der Waals surface area (Å²) in [6, 6.07) is -1.13. The van der Waals surface area contributed by atoms with Gasteiger partial charge in [0.15, 0.2) is 0 Å². The summed E-state index contributed by atoms with van der Waals surface area (Å²) in [6.45, 7) is -0.465. The van der Waals surface area contributed by atoms with E-state index in [1.165, 1.54) is 6.92 Å². The van der Waals surface area contributed by atoms with Crippen LogP contribution in [0.2, 0.25) is 0 Å². The number of imide groups is 1. The molecule has 3 fully saturated rings. The zero-order valence-electron chi connectivity index (χ0n) is 13.0. The second-order valence-corrected chi connectivity index (χ2v) is 6.34. The molecule has 0 saturated carbocycles. The number of nitrogens with zero attached hydrogens (tertiary/aromatic N) is 1. The van der Waals surface area contributed by atoms with E-state index >= 15 is 0 Å². The number of hydrogen-bond acceptors (Lipinski definition) is 5. The highest BCUT2D eigenvalue weighted by atomic mass is 35.5. The minimum absolute atomic E-state index is 0. The van der Waals surface area contributed by atoms with Gasteiger partial charge in [0.1, 0.15) is 6.04 Å². The van der Waals surface area contributed by atoms with Gasteiger partial charge in [0.2, 0.25) is 17.7 Å². The predicted octanol–water partition coefficient (Wildman–Crippen LogP) is -0.331. The van der Waals surface area contributed by atoms with E-state index in [0.29, 0.717) is 0 Å². The van der Waals surface area contributed by atoms with E-state index in [-0.39, 0.29) is 24.6 Å². The van der Waals surface area contributed by atoms with Crippen LogP contribution in [0.15, 0.2) is 0 Å². The van der Waals surface area contributed by atoms with Crippen LogP contribution >= 0.6 is 12.4 Å². The summed E-state index contributed by atoms with van der Waals surface area (Å²) in [4.78, 5) is 37.9. The lowest BCUT2D eigenvalue weighted by molar-refractivity contribution is -0.149. The molecule has 5 atom stereocenters. The Hall–Kier alpha value is -1.32. The quantitative estimate of drug-likeness (QED) is 0.648. The zero-order chi connectivity index (χ0) is 16.9. The minimum Gasteiger partial charge on any atom is -0.373 e. The summed E-state index contributed by atoms with van der Waals surface area (Å²) in [5.41, 5.74) is 4.90. The SMILES string of the molecule is CC(C(=O)NCC(F)(F)CN)N1C(=O)C2C3CCC(O3)C2C1=O.Cl. The summed E-state index contributed by atoms with van der Waals surface area (Å²) in [5.74, 6) is -5.99. The van der Waals surface area contributed by atoms with Gasteiger partial charge in [0.05, 0.1) is 37.1 Å². The van der Waals surface area contributed by atoms with E-state index in [9.17, 15) is 23.2 Å². The molecule has 3 saturated heterocycles. The van der Waals surface area contributed by atoms with Gasteiger partial charge in [-0.05, 0) is 19.8 Å². The second-order valence-electron chi connectivity index (χ2n) is 6.34. The molecule has 0 aromatic rings. The van der Waals surface area contributed by atoms with E-state index in [4.69, 9.17) is 10.5 Å². The number of nitrogens with two attached hydrogens (primary N) is 1. The molecule has 3 rings (SSSR count). The first-order valence-electron chi connectivity index (χ1n) is 7.65. The van der Waals surface area contributed by atoms with Gasteiger partial charge >= 0.3 is 0 Å². The largest absolute Gasteiger partial charge is 0.373 e. The molecule has 5 unspecified atom stereocenters. The van der Waals surface area contributed by atoms with Crippen molar-refractivity contribution < 1.29 is 27.9 Å². The molecular weight excluding hydrogens is 348 g/mol. The van der Waals surface area contributed by atoms with Gasteiger partial charge < -0.3 is 15.8 Å². The molecule has 0 aromatic heterocycles. The Morgan fingerprint density at radius 1 is 1.33 bits per heavy atom. The lowest BCUT2D eigenvalue weighted by Gasteiger charge is -2.24. The van der Waals surface area contributed by atoms with Crippen molar-refractivity contribution in [3.8, 4) is 0 Å². The van der Waals surface area contributed by atoms with Gasteiger partial charge in [-0.1, -0.05) is 0 Å². The lowest BCUT2D eigenvalue weighted by atomic mass is 9.81. The van der Waals surface area contributed by atoms with Gasteiger partial charge in [-0.3, -0.25) is 19.3 Å². The molecule has 10 heteroatoms. The molecule has 3 aliphatic heterocycles. The van der Waals surface area contributed by atoms with Crippen molar-refractivity contribution in [3.05, 3.63) is 0 Å². The predicted molar refractivity (Wildman–Crippen MR) is 80.4 cm³/mol. The number of hydrogen-bond donors (Lipinski definition) is 2. The third-order valence-corrected chi connectivity index (χ3v) is 4.91. The number of alkyl halides is 2. The Labute approximate surface area is 143 Å². The van der Waals surface area contributed by atoms with E-state index in [1.807, 2.05) is 5.32 Å². The topological polar surface area (TPSA) is 102 Å². The number of carbonyl (C=O) groups is 3. The number of rotatable bonds is 5. The van der Waals surface area contributed by atoms with Crippen LogP contribution in [-0.2, 0) is 19.1 Å². The maximum Gasteiger partial charge on any atom is 0.277 e. The van der Waals surface area contributed by atoms with E-state index in [0.717, 1.165) is 17.7 Å². The van der Waals surface area contributed by atoms with E-state index in [1.54, 1.807) is 0 Å². The van der Waals surface area contributed by atoms with Crippen LogP contribution < -0.4 is 11.1 Å². The summed E-state index contributed by atoms with van der Waals surface area (Å²) < 4.78 is 31.8. The van der Waals surface area contributed by atoms with Crippen LogP contribution in [0.3, 0.4) is 0 Å².